The van der Waals surface area contributed by atoms with E-state index in [1.807, 2.05) is 65.5 Å². The number of aryl methyl sites for hydroxylation is 1. The zero-order chi connectivity index (χ0) is 21.3. The van der Waals surface area contributed by atoms with E-state index in [0.717, 1.165) is 16.6 Å². The lowest BCUT2D eigenvalue weighted by atomic mass is 10.0. The van der Waals surface area contributed by atoms with E-state index in [2.05, 4.69) is 29.4 Å². The van der Waals surface area contributed by atoms with Gasteiger partial charge in [-0.05, 0) is 37.0 Å². The standard InChI is InChI=1S/C24H26N4O2/c1-4-20(24(30)25-15-16(2)18-10-6-5-7-11-18)28-21-13-9-8-12-19(21)23-26-22(29)14-17(3)27(23)28/h5-14,16,20H,4,15H2,1-3H3,(H,25,30)/t16-,20-/m1/s1. The Labute approximate surface area is 175 Å². The highest BCUT2D eigenvalue weighted by atomic mass is 16.2. The molecule has 0 aliphatic heterocycles. The quantitative estimate of drug-likeness (QED) is 0.533. The summed E-state index contributed by atoms with van der Waals surface area (Å²) in [5, 5.41) is 3.99. The van der Waals surface area contributed by atoms with Crippen LogP contribution in [0.15, 0.2) is 65.5 Å². The Balaban J connectivity index is 1.72. The van der Waals surface area contributed by atoms with Gasteiger partial charge in [0, 0.05) is 23.7 Å². The summed E-state index contributed by atoms with van der Waals surface area (Å²) in [6.07, 6.45) is 0.616. The fraction of sp³-hybridized carbons (Fsp3) is 0.292. The minimum atomic E-state index is -0.418. The number of benzene rings is 2. The highest BCUT2D eigenvalue weighted by Gasteiger charge is 2.25. The molecule has 2 heterocycles. The predicted octanol–water partition coefficient (Wildman–Crippen LogP) is 3.83. The van der Waals surface area contributed by atoms with Crippen molar-refractivity contribution < 1.29 is 4.79 Å². The molecule has 2 aromatic carbocycles. The molecule has 0 aliphatic carbocycles. The van der Waals surface area contributed by atoms with E-state index in [9.17, 15) is 9.59 Å². The van der Waals surface area contributed by atoms with Crippen molar-refractivity contribution in [3.63, 3.8) is 0 Å². The van der Waals surface area contributed by atoms with E-state index in [4.69, 9.17) is 0 Å². The van der Waals surface area contributed by atoms with Gasteiger partial charge in [0.05, 0.1) is 5.52 Å². The average molecular weight is 402 g/mol. The Morgan fingerprint density at radius 1 is 1.10 bits per heavy atom. The molecular weight excluding hydrogens is 376 g/mol. The molecule has 0 saturated carbocycles. The summed E-state index contributed by atoms with van der Waals surface area (Å²) >= 11 is 0. The van der Waals surface area contributed by atoms with Crippen LogP contribution in [-0.2, 0) is 4.79 Å². The van der Waals surface area contributed by atoms with Crippen LogP contribution in [0.3, 0.4) is 0 Å². The second-order valence-corrected chi connectivity index (χ2v) is 7.71. The van der Waals surface area contributed by atoms with Crippen molar-refractivity contribution in [3.8, 4) is 0 Å². The Morgan fingerprint density at radius 3 is 2.53 bits per heavy atom. The van der Waals surface area contributed by atoms with Gasteiger partial charge in [-0.1, -0.05) is 56.3 Å². The first kappa shape index (κ1) is 19.9. The highest BCUT2D eigenvalue weighted by Crippen LogP contribution is 2.26. The molecule has 0 radical (unpaired) electrons. The maximum absolute atomic E-state index is 13.2. The van der Waals surface area contributed by atoms with Crippen molar-refractivity contribution in [2.75, 3.05) is 6.54 Å². The summed E-state index contributed by atoms with van der Waals surface area (Å²) in [5.74, 6) is 0.172. The van der Waals surface area contributed by atoms with Crippen LogP contribution in [-0.4, -0.2) is 26.6 Å². The lowest BCUT2D eigenvalue weighted by Crippen LogP contribution is -2.36. The van der Waals surface area contributed by atoms with Gasteiger partial charge in [0.25, 0.3) is 5.56 Å². The second kappa shape index (κ2) is 8.14. The van der Waals surface area contributed by atoms with Crippen LogP contribution in [0.2, 0.25) is 0 Å². The number of rotatable bonds is 6. The van der Waals surface area contributed by atoms with E-state index in [-0.39, 0.29) is 17.4 Å². The van der Waals surface area contributed by atoms with Gasteiger partial charge in [-0.15, -0.1) is 0 Å². The van der Waals surface area contributed by atoms with E-state index in [1.54, 1.807) is 0 Å². The molecule has 1 N–H and O–H groups in total. The zero-order valence-electron chi connectivity index (χ0n) is 17.5. The van der Waals surface area contributed by atoms with Gasteiger partial charge in [0.1, 0.15) is 6.04 Å². The van der Waals surface area contributed by atoms with Crippen LogP contribution < -0.4 is 10.9 Å². The summed E-state index contributed by atoms with van der Waals surface area (Å²) in [4.78, 5) is 29.5. The number of hydrogen-bond acceptors (Lipinski definition) is 3. The van der Waals surface area contributed by atoms with Gasteiger partial charge in [-0.2, -0.15) is 4.98 Å². The van der Waals surface area contributed by atoms with Crippen molar-refractivity contribution in [2.24, 2.45) is 0 Å². The van der Waals surface area contributed by atoms with E-state index >= 15 is 0 Å². The molecule has 4 aromatic rings. The van der Waals surface area contributed by atoms with Crippen LogP contribution in [0.25, 0.3) is 16.6 Å². The normalized spacial score (nSPS) is 13.4. The minimum absolute atomic E-state index is 0.0407. The third kappa shape index (κ3) is 3.49. The highest BCUT2D eigenvalue weighted by molar-refractivity contribution is 5.94. The molecule has 2 atom stereocenters. The van der Waals surface area contributed by atoms with Gasteiger partial charge in [-0.25, -0.2) is 4.52 Å². The molecule has 1 amide bonds. The van der Waals surface area contributed by atoms with E-state index in [1.165, 1.54) is 11.6 Å². The summed E-state index contributed by atoms with van der Waals surface area (Å²) in [6, 6.07) is 19.0. The molecule has 0 unspecified atom stereocenters. The fourth-order valence-corrected chi connectivity index (χ4v) is 4.06. The predicted molar refractivity (Wildman–Crippen MR) is 119 cm³/mol. The minimum Gasteiger partial charge on any atom is -0.354 e. The van der Waals surface area contributed by atoms with Gasteiger partial charge in [-0.3, -0.25) is 14.3 Å². The number of aromatic nitrogens is 3. The molecule has 0 bridgehead atoms. The van der Waals surface area contributed by atoms with Gasteiger partial charge >= 0.3 is 0 Å². The van der Waals surface area contributed by atoms with E-state index < -0.39 is 6.04 Å². The molecule has 154 valence electrons. The maximum Gasteiger partial charge on any atom is 0.273 e. The second-order valence-electron chi connectivity index (χ2n) is 7.71. The number of nitrogens with zero attached hydrogens (tertiary/aromatic N) is 3. The maximum atomic E-state index is 13.2. The smallest absolute Gasteiger partial charge is 0.273 e. The van der Waals surface area contributed by atoms with Crippen LogP contribution in [0.1, 0.15) is 43.5 Å². The Kier molecular flexibility index (Phi) is 5.40. The molecule has 0 aliphatic rings. The van der Waals surface area contributed by atoms with Gasteiger partial charge in [0.15, 0.2) is 5.65 Å². The largest absolute Gasteiger partial charge is 0.354 e. The van der Waals surface area contributed by atoms with Crippen molar-refractivity contribution in [1.82, 2.24) is 19.5 Å². The summed E-state index contributed by atoms with van der Waals surface area (Å²) in [6.45, 7) is 6.53. The average Bonchev–Trinajstić information content (AvgIpc) is 3.08. The molecule has 6 heteroatoms. The van der Waals surface area contributed by atoms with Crippen LogP contribution in [0.5, 0.6) is 0 Å². The fourth-order valence-electron chi connectivity index (χ4n) is 4.06. The molecule has 2 aromatic heterocycles. The van der Waals surface area contributed by atoms with Crippen molar-refractivity contribution in [3.05, 3.63) is 82.3 Å². The molecule has 6 nitrogen and oxygen atoms in total. The lowest BCUT2D eigenvalue weighted by Gasteiger charge is -2.22. The first-order chi connectivity index (χ1) is 14.5. The monoisotopic (exact) mass is 402 g/mol. The first-order valence-corrected chi connectivity index (χ1v) is 10.3. The molecule has 0 saturated heterocycles. The van der Waals surface area contributed by atoms with Crippen molar-refractivity contribution in [1.29, 1.82) is 0 Å². The zero-order valence-corrected chi connectivity index (χ0v) is 17.5. The number of fused-ring (bicyclic) bond motifs is 3. The third-order valence-corrected chi connectivity index (χ3v) is 5.63. The van der Waals surface area contributed by atoms with Gasteiger partial charge < -0.3 is 5.32 Å². The first-order valence-electron chi connectivity index (χ1n) is 10.3. The van der Waals surface area contributed by atoms with Crippen LogP contribution >= 0.6 is 0 Å². The van der Waals surface area contributed by atoms with Gasteiger partial charge in [0.2, 0.25) is 5.91 Å². The SMILES string of the molecule is CC[C@H](C(=O)NC[C@@H](C)c1ccccc1)n1c2ccccc2c2nc(=O)cc(C)n21. The number of amides is 1. The molecule has 0 fully saturated rings. The van der Waals surface area contributed by atoms with Crippen LogP contribution in [0, 0.1) is 6.92 Å². The Morgan fingerprint density at radius 2 is 1.80 bits per heavy atom. The summed E-state index contributed by atoms with van der Waals surface area (Å²) in [5.41, 5.74) is 3.14. The van der Waals surface area contributed by atoms with Crippen LogP contribution in [0.4, 0.5) is 0 Å². The number of para-hydroxylation sites is 1. The number of nitrogens with one attached hydrogen (secondary N) is 1. The number of carbonyl (C=O) groups is 1. The molecule has 4 rings (SSSR count). The summed E-state index contributed by atoms with van der Waals surface area (Å²) < 4.78 is 3.86. The lowest BCUT2D eigenvalue weighted by molar-refractivity contribution is -0.124. The molecular formula is C24H26N4O2. The third-order valence-electron chi connectivity index (χ3n) is 5.63. The Hall–Kier alpha value is -3.41. The Bertz CT molecular complexity index is 1260. The topological polar surface area (TPSA) is 68.4 Å². The summed E-state index contributed by atoms with van der Waals surface area (Å²) in [7, 11) is 0. The van der Waals surface area contributed by atoms with Crippen molar-refractivity contribution >= 4 is 22.5 Å². The van der Waals surface area contributed by atoms with E-state index in [0.29, 0.717) is 18.6 Å². The number of carbonyl (C=O) groups excluding carboxylic acids is 1. The van der Waals surface area contributed by atoms with Crippen molar-refractivity contribution in [2.45, 2.75) is 39.2 Å². The molecule has 30 heavy (non-hydrogen) atoms. The molecule has 0 spiro atoms. The number of hydrogen-bond donors (Lipinski definition) is 1.